The number of benzene rings is 2. The molecule has 0 saturated carbocycles. The smallest absolute Gasteiger partial charge is 0.250 e. The maximum atomic E-state index is 13.7. The largest absolute Gasteiger partial charge is 0.497 e. The van der Waals surface area contributed by atoms with E-state index in [4.69, 9.17) is 4.74 Å². The van der Waals surface area contributed by atoms with Gasteiger partial charge in [0.1, 0.15) is 11.6 Å². The zero-order valence-electron chi connectivity index (χ0n) is 13.3. The Morgan fingerprint density at radius 1 is 1.16 bits per heavy atom. The van der Waals surface area contributed by atoms with Crippen molar-refractivity contribution < 1.29 is 13.9 Å². The zero-order chi connectivity index (χ0) is 17.6. The maximum Gasteiger partial charge on any atom is 0.250 e. The first kappa shape index (κ1) is 16.8. The lowest BCUT2D eigenvalue weighted by molar-refractivity contribution is -0.111. The highest BCUT2D eigenvalue weighted by atomic mass is 32.1. The third-order valence-electron chi connectivity index (χ3n) is 3.30. The van der Waals surface area contributed by atoms with Gasteiger partial charge in [0.25, 0.3) is 0 Å². The van der Waals surface area contributed by atoms with Crippen LogP contribution in [-0.2, 0) is 4.79 Å². The molecule has 0 fully saturated rings. The van der Waals surface area contributed by atoms with Crippen molar-refractivity contribution in [3.8, 4) is 16.3 Å². The molecular weight excluding hydrogens is 341 g/mol. The molecule has 5 nitrogen and oxygen atoms in total. The van der Waals surface area contributed by atoms with Gasteiger partial charge in [-0.25, -0.2) is 4.39 Å². The summed E-state index contributed by atoms with van der Waals surface area (Å²) in [6.07, 6.45) is 3.07. The van der Waals surface area contributed by atoms with Crippen LogP contribution in [0.1, 0.15) is 5.56 Å². The summed E-state index contributed by atoms with van der Waals surface area (Å²) in [6.45, 7) is 0. The second kappa shape index (κ2) is 7.67. The highest BCUT2D eigenvalue weighted by Crippen LogP contribution is 2.28. The Morgan fingerprint density at radius 2 is 1.92 bits per heavy atom. The van der Waals surface area contributed by atoms with Crippen LogP contribution in [0.15, 0.2) is 54.6 Å². The molecule has 25 heavy (non-hydrogen) atoms. The number of carbonyl (C=O) groups is 1. The topological polar surface area (TPSA) is 64.1 Å². The van der Waals surface area contributed by atoms with Crippen molar-refractivity contribution >= 4 is 28.5 Å². The second-order valence-corrected chi connectivity index (χ2v) is 5.97. The summed E-state index contributed by atoms with van der Waals surface area (Å²) in [5, 5.41) is 11.1. The third-order valence-corrected chi connectivity index (χ3v) is 4.17. The van der Waals surface area contributed by atoms with Crippen LogP contribution in [-0.4, -0.2) is 23.2 Å². The highest BCUT2D eigenvalue weighted by Gasteiger charge is 2.11. The first-order valence-corrected chi connectivity index (χ1v) is 8.19. The van der Waals surface area contributed by atoms with Gasteiger partial charge in [0.15, 0.2) is 5.01 Å². The summed E-state index contributed by atoms with van der Waals surface area (Å²) in [4.78, 5) is 12.0. The van der Waals surface area contributed by atoms with Crippen LogP contribution in [0.3, 0.4) is 0 Å². The number of nitrogens with one attached hydrogen (secondary N) is 1. The number of aromatic nitrogens is 2. The molecule has 1 heterocycles. The van der Waals surface area contributed by atoms with Crippen LogP contribution in [0.5, 0.6) is 5.75 Å². The maximum absolute atomic E-state index is 13.7. The van der Waals surface area contributed by atoms with E-state index >= 15 is 0 Å². The molecule has 0 bridgehead atoms. The number of amides is 1. The molecule has 3 rings (SSSR count). The molecule has 0 spiro atoms. The SMILES string of the molecule is COc1ccc(C=CC(=O)Nc2nnc(-c3ccccc3F)s2)cc1. The number of halogens is 1. The van der Waals surface area contributed by atoms with Gasteiger partial charge in [0, 0.05) is 11.6 Å². The van der Waals surface area contributed by atoms with E-state index in [0.717, 1.165) is 22.6 Å². The lowest BCUT2D eigenvalue weighted by Gasteiger charge is -1.99. The average Bonchev–Trinajstić information content (AvgIpc) is 3.09. The Hall–Kier alpha value is -3.06. The minimum Gasteiger partial charge on any atom is -0.497 e. The lowest BCUT2D eigenvalue weighted by Crippen LogP contribution is -2.07. The van der Waals surface area contributed by atoms with E-state index in [2.05, 4.69) is 15.5 Å². The van der Waals surface area contributed by atoms with Crippen LogP contribution in [0.2, 0.25) is 0 Å². The van der Waals surface area contributed by atoms with E-state index in [0.29, 0.717) is 15.7 Å². The van der Waals surface area contributed by atoms with Crippen LogP contribution >= 0.6 is 11.3 Å². The van der Waals surface area contributed by atoms with Crippen molar-refractivity contribution in [2.24, 2.45) is 0 Å². The number of ether oxygens (including phenoxy) is 1. The van der Waals surface area contributed by atoms with Gasteiger partial charge in [0.2, 0.25) is 11.0 Å². The molecule has 0 aliphatic rings. The van der Waals surface area contributed by atoms with Crippen molar-refractivity contribution in [2.45, 2.75) is 0 Å². The first-order valence-electron chi connectivity index (χ1n) is 7.37. The number of rotatable bonds is 5. The third kappa shape index (κ3) is 4.27. The van der Waals surface area contributed by atoms with Crippen molar-refractivity contribution in [3.05, 3.63) is 66.0 Å². The molecule has 2 aromatic carbocycles. The van der Waals surface area contributed by atoms with Crippen LogP contribution < -0.4 is 10.1 Å². The van der Waals surface area contributed by atoms with Crippen molar-refractivity contribution in [3.63, 3.8) is 0 Å². The molecule has 1 aromatic heterocycles. The molecule has 0 radical (unpaired) electrons. The van der Waals surface area contributed by atoms with Crippen molar-refractivity contribution in [1.29, 1.82) is 0 Å². The van der Waals surface area contributed by atoms with Crippen LogP contribution in [0.25, 0.3) is 16.6 Å². The molecule has 0 aliphatic heterocycles. The van der Waals surface area contributed by atoms with Gasteiger partial charge in [-0.3, -0.25) is 10.1 Å². The Balaban J connectivity index is 1.65. The minimum absolute atomic E-state index is 0.308. The van der Waals surface area contributed by atoms with Gasteiger partial charge < -0.3 is 4.74 Å². The number of methoxy groups -OCH3 is 1. The Morgan fingerprint density at radius 3 is 2.64 bits per heavy atom. The predicted octanol–water partition coefficient (Wildman–Crippen LogP) is 4.00. The molecular formula is C18H14FN3O2S. The summed E-state index contributed by atoms with van der Waals surface area (Å²) < 4.78 is 18.8. The van der Waals surface area contributed by atoms with Gasteiger partial charge in [-0.1, -0.05) is 35.6 Å². The van der Waals surface area contributed by atoms with E-state index in [1.54, 1.807) is 31.4 Å². The minimum atomic E-state index is -0.379. The molecule has 1 amide bonds. The summed E-state index contributed by atoms with van der Waals surface area (Å²) in [7, 11) is 1.59. The summed E-state index contributed by atoms with van der Waals surface area (Å²) in [6, 6.07) is 13.6. The van der Waals surface area contributed by atoms with Crippen LogP contribution in [0, 0.1) is 5.82 Å². The van der Waals surface area contributed by atoms with E-state index in [9.17, 15) is 9.18 Å². The van der Waals surface area contributed by atoms with Gasteiger partial charge in [-0.2, -0.15) is 0 Å². The molecule has 126 valence electrons. The van der Waals surface area contributed by atoms with Gasteiger partial charge >= 0.3 is 0 Å². The average molecular weight is 355 g/mol. The molecule has 3 aromatic rings. The number of anilines is 1. The fourth-order valence-corrected chi connectivity index (χ4v) is 2.82. The van der Waals surface area contributed by atoms with Gasteiger partial charge in [0.05, 0.1) is 7.11 Å². The van der Waals surface area contributed by atoms with Crippen LogP contribution in [0.4, 0.5) is 9.52 Å². The molecule has 0 aliphatic carbocycles. The fraction of sp³-hybridized carbons (Fsp3) is 0.0556. The fourth-order valence-electron chi connectivity index (χ4n) is 2.05. The molecule has 7 heteroatoms. The summed E-state index contributed by atoms with van der Waals surface area (Å²) >= 11 is 1.11. The van der Waals surface area contributed by atoms with E-state index in [1.165, 1.54) is 12.1 Å². The number of carbonyl (C=O) groups excluding carboxylic acids is 1. The normalized spacial score (nSPS) is 10.8. The predicted molar refractivity (Wildman–Crippen MR) is 96.0 cm³/mol. The Labute approximate surface area is 147 Å². The first-order chi connectivity index (χ1) is 12.2. The van der Waals surface area contributed by atoms with Gasteiger partial charge in [-0.15, -0.1) is 10.2 Å². The number of hydrogen-bond donors (Lipinski definition) is 1. The van der Waals surface area contributed by atoms with Gasteiger partial charge in [-0.05, 0) is 35.9 Å². The quantitative estimate of drug-likeness (QED) is 0.703. The zero-order valence-corrected chi connectivity index (χ0v) is 14.1. The lowest BCUT2D eigenvalue weighted by atomic mass is 10.2. The Bertz CT molecular complexity index is 907. The molecule has 0 atom stereocenters. The van der Waals surface area contributed by atoms with E-state index in [-0.39, 0.29) is 11.7 Å². The van der Waals surface area contributed by atoms with E-state index in [1.807, 2.05) is 24.3 Å². The monoisotopic (exact) mass is 355 g/mol. The summed E-state index contributed by atoms with van der Waals surface area (Å²) in [5.74, 6) is 0.0270. The van der Waals surface area contributed by atoms with E-state index < -0.39 is 0 Å². The number of nitrogens with zero attached hydrogens (tertiary/aromatic N) is 2. The molecule has 1 N–H and O–H groups in total. The Kier molecular flexibility index (Phi) is 5.15. The highest BCUT2D eigenvalue weighted by molar-refractivity contribution is 7.18. The van der Waals surface area contributed by atoms with Crippen molar-refractivity contribution in [1.82, 2.24) is 10.2 Å². The van der Waals surface area contributed by atoms with Crippen molar-refractivity contribution in [2.75, 3.05) is 12.4 Å². The number of hydrogen-bond acceptors (Lipinski definition) is 5. The standard InChI is InChI=1S/C18H14FN3O2S/c1-24-13-9-6-12(7-10-13)8-11-16(23)20-18-22-21-17(25-18)14-4-2-3-5-15(14)19/h2-11H,1H3,(H,20,22,23). The molecule has 0 unspecified atom stereocenters. The summed E-state index contributed by atoms with van der Waals surface area (Å²) in [5.41, 5.74) is 1.22. The molecule has 0 saturated heterocycles. The second-order valence-electron chi connectivity index (χ2n) is 4.99.